The van der Waals surface area contributed by atoms with Crippen LogP contribution in [-0.2, 0) is 6.54 Å². The van der Waals surface area contributed by atoms with Crippen molar-refractivity contribution in [1.82, 2.24) is 20.2 Å². The number of nitrogens with one attached hydrogen (secondary N) is 3. The van der Waals surface area contributed by atoms with Crippen molar-refractivity contribution in [2.24, 2.45) is 0 Å². The highest BCUT2D eigenvalue weighted by atomic mass is 19.3. The van der Waals surface area contributed by atoms with E-state index >= 15 is 8.78 Å². The van der Waals surface area contributed by atoms with E-state index in [0.717, 1.165) is 5.56 Å². The van der Waals surface area contributed by atoms with Crippen LogP contribution in [-0.4, -0.2) is 60.0 Å². The molecular formula is C22H25F2N5O2. The molecule has 2 aromatic heterocycles. The highest BCUT2D eigenvalue weighted by Crippen LogP contribution is 2.34. The number of hydrogen-bond acceptors (Lipinski definition) is 5. The first-order chi connectivity index (χ1) is 14.9. The minimum atomic E-state index is -2.98. The number of rotatable bonds is 6. The van der Waals surface area contributed by atoms with E-state index in [1.165, 1.54) is 13.2 Å². The Hall–Kier alpha value is -3.20. The third-order valence-corrected chi connectivity index (χ3v) is 5.60. The number of amides is 1. The fraction of sp³-hybridized carbons (Fsp3) is 0.364. The number of carbonyl (C=O) groups excluding carboxylic acids is 1. The lowest BCUT2D eigenvalue weighted by Gasteiger charge is -2.39. The third kappa shape index (κ3) is 4.32. The topological polar surface area (TPSA) is 82.3 Å². The maximum absolute atomic E-state index is 15.1. The Kier molecular flexibility index (Phi) is 5.77. The fourth-order valence-corrected chi connectivity index (χ4v) is 4.00. The van der Waals surface area contributed by atoms with Crippen LogP contribution < -0.4 is 15.4 Å². The smallest absolute Gasteiger partial charge is 0.280 e. The van der Waals surface area contributed by atoms with Gasteiger partial charge in [-0.3, -0.25) is 9.69 Å². The number of ether oxygens (including phenoxy) is 1. The number of likely N-dealkylation sites (tertiary alicyclic amines) is 1. The van der Waals surface area contributed by atoms with Crippen LogP contribution in [0.4, 0.5) is 14.5 Å². The molecule has 3 heterocycles. The molecule has 0 radical (unpaired) electrons. The van der Waals surface area contributed by atoms with Crippen LogP contribution in [0.3, 0.4) is 0 Å². The minimum absolute atomic E-state index is 0.235. The standard InChI is InChI=1S/C22H25F2N5O2/c1-25-21(30)17-11-27-20-16(6-8-26-20)19(17)28-18-7-9-29(13-22(18,23)24)12-14-4-3-5-15(10-14)31-2/h3-6,8,10-11,18H,7,9,12-13H2,1-2H3,(H,25,30)(H2,26,27,28). The summed E-state index contributed by atoms with van der Waals surface area (Å²) in [6.45, 7) is 0.542. The largest absolute Gasteiger partial charge is 0.497 e. The molecule has 164 valence electrons. The van der Waals surface area contributed by atoms with Gasteiger partial charge in [-0.05, 0) is 30.2 Å². The van der Waals surface area contributed by atoms with Gasteiger partial charge in [0.05, 0.1) is 30.9 Å². The molecule has 7 nitrogen and oxygen atoms in total. The van der Waals surface area contributed by atoms with Gasteiger partial charge in [0.15, 0.2) is 0 Å². The summed E-state index contributed by atoms with van der Waals surface area (Å²) in [5.74, 6) is -2.66. The number of halogens is 2. The van der Waals surface area contributed by atoms with E-state index in [9.17, 15) is 4.79 Å². The third-order valence-electron chi connectivity index (χ3n) is 5.60. The van der Waals surface area contributed by atoms with Crippen LogP contribution in [0.1, 0.15) is 22.3 Å². The summed E-state index contributed by atoms with van der Waals surface area (Å²) in [5.41, 5.74) is 2.07. The molecular weight excluding hydrogens is 404 g/mol. The summed E-state index contributed by atoms with van der Waals surface area (Å²) in [6, 6.07) is 8.07. The summed E-state index contributed by atoms with van der Waals surface area (Å²) < 4.78 is 35.5. The zero-order valence-corrected chi connectivity index (χ0v) is 17.4. The van der Waals surface area contributed by atoms with Crippen LogP contribution in [0.2, 0.25) is 0 Å². The Morgan fingerprint density at radius 3 is 2.97 bits per heavy atom. The second-order valence-electron chi connectivity index (χ2n) is 7.67. The number of pyridine rings is 1. The number of methoxy groups -OCH3 is 1. The number of H-pyrrole nitrogens is 1. The molecule has 3 N–H and O–H groups in total. The molecule has 31 heavy (non-hydrogen) atoms. The molecule has 1 aliphatic heterocycles. The SMILES string of the molecule is CNC(=O)c1cnc2[nH]ccc2c1NC1CCN(Cc2cccc(OC)c2)CC1(F)F. The molecule has 0 bridgehead atoms. The Balaban J connectivity index is 1.53. The highest BCUT2D eigenvalue weighted by molar-refractivity contribution is 6.06. The van der Waals surface area contributed by atoms with Gasteiger partial charge < -0.3 is 20.4 Å². The molecule has 1 unspecified atom stereocenters. The molecule has 4 rings (SSSR count). The Morgan fingerprint density at radius 1 is 1.39 bits per heavy atom. The number of anilines is 1. The van der Waals surface area contributed by atoms with E-state index in [1.54, 1.807) is 24.3 Å². The van der Waals surface area contributed by atoms with Gasteiger partial charge in [-0.2, -0.15) is 0 Å². The molecule has 1 saturated heterocycles. The van der Waals surface area contributed by atoms with Crippen LogP contribution in [0.25, 0.3) is 11.0 Å². The Bertz CT molecular complexity index is 1080. The predicted molar refractivity (Wildman–Crippen MR) is 115 cm³/mol. The molecule has 1 aliphatic rings. The van der Waals surface area contributed by atoms with Crippen molar-refractivity contribution >= 4 is 22.6 Å². The van der Waals surface area contributed by atoms with Crippen LogP contribution >= 0.6 is 0 Å². The summed E-state index contributed by atoms with van der Waals surface area (Å²) in [6.07, 6.45) is 3.31. The van der Waals surface area contributed by atoms with Gasteiger partial charge in [0.25, 0.3) is 11.8 Å². The maximum Gasteiger partial charge on any atom is 0.280 e. The second-order valence-corrected chi connectivity index (χ2v) is 7.67. The van der Waals surface area contributed by atoms with Gasteiger partial charge in [-0.1, -0.05) is 12.1 Å². The van der Waals surface area contributed by atoms with Crippen molar-refractivity contribution in [3.05, 3.63) is 53.9 Å². The number of piperidine rings is 1. The van der Waals surface area contributed by atoms with E-state index in [1.807, 2.05) is 24.3 Å². The molecule has 0 spiro atoms. The van der Waals surface area contributed by atoms with Gasteiger partial charge in [0, 0.05) is 37.9 Å². The maximum atomic E-state index is 15.1. The monoisotopic (exact) mass is 429 g/mol. The molecule has 3 aromatic rings. The fourth-order valence-electron chi connectivity index (χ4n) is 4.00. The molecule has 1 amide bonds. The number of alkyl halides is 2. The lowest BCUT2D eigenvalue weighted by atomic mass is 9.98. The van der Waals surface area contributed by atoms with Crippen molar-refractivity contribution in [2.45, 2.75) is 24.9 Å². The first-order valence-electron chi connectivity index (χ1n) is 10.1. The first-order valence-corrected chi connectivity index (χ1v) is 10.1. The van der Waals surface area contributed by atoms with Crippen LogP contribution in [0.15, 0.2) is 42.7 Å². The summed E-state index contributed by atoms with van der Waals surface area (Å²) in [7, 11) is 3.08. The minimum Gasteiger partial charge on any atom is -0.497 e. The summed E-state index contributed by atoms with van der Waals surface area (Å²) >= 11 is 0. The van der Waals surface area contributed by atoms with Crippen molar-refractivity contribution in [2.75, 3.05) is 32.6 Å². The number of carbonyl (C=O) groups is 1. The number of benzene rings is 1. The van der Waals surface area contributed by atoms with Crippen molar-refractivity contribution in [3.8, 4) is 5.75 Å². The predicted octanol–water partition coefficient (Wildman–Crippen LogP) is 3.25. The van der Waals surface area contributed by atoms with E-state index in [4.69, 9.17) is 4.74 Å². The Morgan fingerprint density at radius 2 is 2.23 bits per heavy atom. The van der Waals surface area contributed by atoms with Gasteiger partial charge in [-0.25, -0.2) is 13.8 Å². The lowest BCUT2D eigenvalue weighted by molar-refractivity contribution is -0.0758. The average Bonchev–Trinajstić information content (AvgIpc) is 3.24. The molecule has 1 fully saturated rings. The normalized spacial score (nSPS) is 18.6. The molecule has 0 saturated carbocycles. The molecule has 1 atom stereocenters. The van der Waals surface area contributed by atoms with E-state index in [0.29, 0.717) is 35.6 Å². The van der Waals surface area contributed by atoms with Gasteiger partial charge in [0.1, 0.15) is 11.4 Å². The number of fused-ring (bicyclic) bond motifs is 1. The van der Waals surface area contributed by atoms with Crippen molar-refractivity contribution < 1.29 is 18.3 Å². The van der Waals surface area contributed by atoms with Crippen molar-refractivity contribution in [1.29, 1.82) is 0 Å². The highest BCUT2D eigenvalue weighted by Gasteiger charge is 2.45. The van der Waals surface area contributed by atoms with Gasteiger partial charge in [0.2, 0.25) is 0 Å². The second kappa shape index (κ2) is 8.50. The molecule has 9 heteroatoms. The van der Waals surface area contributed by atoms with Crippen LogP contribution in [0, 0.1) is 0 Å². The molecule has 0 aliphatic carbocycles. The van der Waals surface area contributed by atoms with E-state index in [-0.39, 0.29) is 24.4 Å². The average molecular weight is 429 g/mol. The summed E-state index contributed by atoms with van der Waals surface area (Å²) in [4.78, 5) is 21.2. The van der Waals surface area contributed by atoms with Crippen molar-refractivity contribution in [3.63, 3.8) is 0 Å². The lowest BCUT2D eigenvalue weighted by Crippen LogP contribution is -2.54. The number of hydrogen-bond donors (Lipinski definition) is 3. The zero-order chi connectivity index (χ0) is 22.0. The first kappa shape index (κ1) is 21.0. The number of aromatic amines is 1. The van der Waals surface area contributed by atoms with E-state index < -0.39 is 12.0 Å². The van der Waals surface area contributed by atoms with Gasteiger partial charge in [-0.15, -0.1) is 0 Å². The zero-order valence-electron chi connectivity index (χ0n) is 17.4. The number of aromatic nitrogens is 2. The molecule has 1 aromatic carbocycles. The van der Waals surface area contributed by atoms with Gasteiger partial charge >= 0.3 is 0 Å². The van der Waals surface area contributed by atoms with E-state index in [2.05, 4.69) is 20.6 Å². The number of nitrogens with zero attached hydrogens (tertiary/aromatic N) is 2. The Labute approximate surface area is 178 Å². The quantitative estimate of drug-likeness (QED) is 0.560. The van der Waals surface area contributed by atoms with Crippen LogP contribution in [0.5, 0.6) is 5.75 Å². The summed E-state index contributed by atoms with van der Waals surface area (Å²) in [5, 5.41) is 6.12.